The molecule has 0 spiro atoms. The van der Waals surface area contributed by atoms with Crippen LogP contribution < -0.4 is 11.1 Å². The number of rotatable bonds is 3. The monoisotopic (exact) mass is 232 g/mol. The van der Waals surface area contributed by atoms with E-state index in [1.54, 1.807) is 6.92 Å². The van der Waals surface area contributed by atoms with Crippen molar-refractivity contribution < 1.29 is 4.79 Å². The van der Waals surface area contributed by atoms with E-state index in [0.29, 0.717) is 6.04 Å². The molecule has 0 bridgehead atoms. The van der Waals surface area contributed by atoms with Gasteiger partial charge >= 0.3 is 0 Å². The maximum Gasteiger partial charge on any atom is 0.244 e. The van der Waals surface area contributed by atoms with Gasteiger partial charge < -0.3 is 11.1 Å². The molecule has 1 fully saturated rings. The molecule has 1 unspecified atom stereocenters. The fraction of sp³-hybridized carbons (Fsp3) is 0.500. The van der Waals surface area contributed by atoms with Crippen LogP contribution in [0.3, 0.4) is 0 Å². The minimum Gasteiger partial charge on any atom is -0.351 e. The fourth-order valence-electron chi connectivity index (χ4n) is 2.27. The number of nitrogens with one attached hydrogen (secondary N) is 1. The van der Waals surface area contributed by atoms with Crippen LogP contribution in [0.25, 0.3) is 0 Å². The molecule has 0 aliphatic heterocycles. The molecule has 1 aliphatic rings. The zero-order valence-corrected chi connectivity index (χ0v) is 10.4. The smallest absolute Gasteiger partial charge is 0.244 e. The van der Waals surface area contributed by atoms with Crippen LogP contribution in [-0.2, 0) is 10.3 Å². The van der Waals surface area contributed by atoms with E-state index in [4.69, 9.17) is 5.73 Å². The van der Waals surface area contributed by atoms with Crippen LogP contribution in [0, 0.1) is 5.92 Å². The number of amides is 1. The van der Waals surface area contributed by atoms with Crippen molar-refractivity contribution in [3.05, 3.63) is 35.9 Å². The highest BCUT2D eigenvalue weighted by Crippen LogP contribution is 2.27. The van der Waals surface area contributed by atoms with Gasteiger partial charge in [-0.1, -0.05) is 37.3 Å². The Kier molecular flexibility index (Phi) is 3.20. The standard InChI is InChI=1S/C14H20N2O/c1-10-8-12(9-10)16-13(17)14(2,15)11-6-4-3-5-7-11/h3-7,10,12H,8-9,15H2,1-2H3,(H,16,17). The van der Waals surface area contributed by atoms with Gasteiger partial charge in [0, 0.05) is 6.04 Å². The summed E-state index contributed by atoms with van der Waals surface area (Å²) in [6.07, 6.45) is 2.13. The number of hydrogen-bond donors (Lipinski definition) is 2. The van der Waals surface area contributed by atoms with Gasteiger partial charge in [0.15, 0.2) is 0 Å². The third-order valence-electron chi connectivity index (χ3n) is 3.55. The van der Waals surface area contributed by atoms with Crippen molar-refractivity contribution >= 4 is 5.91 Å². The lowest BCUT2D eigenvalue weighted by Gasteiger charge is -2.36. The van der Waals surface area contributed by atoms with Gasteiger partial charge in [0.05, 0.1) is 0 Å². The van der Waals surface area contributed by atoms with Crippen molar-refractivity contribution in [2.75, 3.05) is 0 Å². The van der Waals surface area contributed by atoms with Crippen LogP contribution in [0.2, 0.25) is 0 Å². The van der Waals surface area contributed by atoms with Crippen LogP contribution in [0.5, 0.6) is 0 Å². The Hall–Kier alpha value is -1.35. The molecule has 1 aromatic carbocycles. The Morgan fingerprint density at radius 2 is 1.94 bits per heavy atom. The summed E-state index contributed by atoms with van der Waals surface area (Å²) in [5.74, 6) is 0.640. The van der Waals surface area contributed by atoms with Gasteiger partial charge in [0.2, 0.25) is 5.91 Å². The molecule has 2 rings (SSSR count). The molecular weight excluding hydrogens is 212 g/mol. The van der Waals surface area contributed by atoms with E-state index in [0.717, 1.165) is 24.3 Å². The van der Waals surface area contributed by atoms with E-state index in [1.165, 1.54) is 0 Å². The highest BCUT2D eigenvalue weighted by molar-refractivity contribution is 5.87. The molecule has 1 aliphatic carbocycles. The predicted molar refractivity (Wildman–Crippen MR) is 68.3 cm³/mol. The van der Waals surface area contributed by atoms with Crippen molar-refractivity contribution in [2.45, 2.75) is 38.3 Å². The summed E-state index contributed by atoms with van der Waals surface area (Å²) in [6, 6.07) is 9.82. The maximum atomic E-state index is 12.1. The lowest BCUT2D eigenvalue weighted by molar-refractivity contribution is -0.127. The van der Waals surface area contributed by atoms with Gasteiger partial charge in [-0.3, -0.25) is 4.79 Å². The van der Waals surface area contributed by atoms with Gasteiger partial charge in [-0.05, 0) is 31.2 Å². The van der Waals surface area contributed by atoms with Gasteiger partial charge in [-0.25, -0.2) is 0 Å². The summed E-state index contributed by atoms with van der Waals surface area (Å²) in [4.78, 5) is 12.1. The first-order valence-electron chi connectivity index (χ1n) is 6.15. The summed E-state index contributed by atoms with van der Waals surface area (Å²) in [6.45, 7) is 3.96. The molecule has 0 heterocycles. The van der Waals surface area contributed by atoms with E-state index in [-0.39, 0.29) is 5.91 Å². The number of carbonyl (C=O) groups excluding carboxylic acids is 1. The molecule has 1 saturated carbocycles. The van der Waals surface area contributed by atoms with Crippen LogP contribution >= 0.6 is 0 Å². The third kappa shape index (κ3) is 2.50. The van der Waals surface area contributed by atoms with Crippen molar-refractivity contribution in [2.24, 2.45) is 11.7 Å². The molecule has 0 aromatic heterocycles. The Labute approximate surface area is 102 Å². The van der Waals surface area contributed by atoms with Gasteiger partial charge in [-0.15, -0.1) is 0 Å². The van der Waals surface area contributed by atoms with Crippen molar-refractivity contribution in [1.29, 1.82) is 0 Å². The second kappa shape index (κ2) is 4.49. The lowest BCUT2D eigenvalue weighted by Crippen LogP contribution is -2.54. The number of carbonyl (C=O) groups is 1. The highest BCUT2D eigenvalue weighted by Gasteiger charge is 2.34. The van der Waals surface area contributed by atoms with Gasteiger partial charge in [0.25, 0.3) is 0 Å². The molecule has 0 radical (unpaired) electrons. The number of benzene rings is 1. The molecule has 0 saturated heterocycles. The summed E-state index contributed by atoms with van der Waals surface area (Å²) < 4.78 is 0. The molecule has 1 aromatic rings. The SMILES string of the molecule is CC1CC(NC(=O)C(C)(N)c2ccccc2)C1. The Morgan fingerprint density at radius 1 is 1.35 bits per heavy atom. The Balaban J connectivity index is 2.02. The molecule has 3 N–H and O–H groups in total. The minimum absolute atomic E-state index is 0.0828. The number of hydrogen-bond acceptors (Lipinski definition) is 2. The predicted octanol–water partition coefficient (Wildman–Crippen LogP) is 1.78. The second-order valence-electron chi connectivity index (χ2n) is 5.32. The normalized spacial score (nSPS) is 26.8. The van der Waals surface area contributed by atoms with Gasteiger partial charge in [-0.2, -0.15) is 0 Å². The average molecular weight is 232 g/mol. The average Bonchev–Trinajstić information content (AvgIpc) is 2.28. The zero-order valence-electron chi connectivity index (χ0n) is 10.4. The van der Waals surface area contributed by atoms with Crippen LogP contribution in [0.1, 0.15) is 32.3 Å². The van der Waals surface area contributed by atoms with E-state index in [1.807, 2.05) is 30.3 Å². The molecule has 17 heavy (non-hydrogen) atoms. The Bertz CT molecular complexity index is 394. The fourth-order valence-corrected chi connectivity index (χ4v) is 2.27. The van der Waals surface area contributed by atoms with Crippen molar-refractivity contribution in [1.82, 2.24) is 5.32 Å². The maximum absolute atomic E-state index is 12.1. The largest absolute Gasteiger partial charge is 0.351 e. The van der Waals surface area contributed by atoms with E-state index < -0.39 is 5.54 Å². The summed E-state index contributed by atoms with van der Waals surface area (Å²) in [7, 11) is 0. The first kappa shape index (κ1) is 12.1. The molecule has 1 atom stereocenters. The Morgan fingerprint density at radius 3 is 2.47 bits per heavy atom. The molecule has 1 amide bonds. The molecule has 3 nitrogen and oxygen atoms in total. The summed E-state index contributed by atoms with van der Waals surface area (Å²) >= 11 is 0. The van der Waals surface area contributed by atoms with E-state index in [9.17, 15) is 4.79 Å². The van der Waals surface area contributed by atoms with Crippen LogP contribution in [0.15, 0.2) is 30.3 Å². The van der Waals surface area contributed by atoms with Crippen molar-refractivity contribution in [3.8, 4) is 0 Å². The zero-order chi connectivity index (χ0) is 12.5. The molecular formula is C14H20N2O. The number of nitrogens with two attached hydrogens (primary N) is 1. The highest BCUT2D eigenvalue weighted by atomic mass is 16.2. The molecule has 92 valence electrons. The first-order valence-corrected chi connectivity index (χ1v) is 6.15. The van der Waals surface area contributed by atoms with Crippen LogP contribution in [0.4, 0.5) is 0 Å². The van der Waals surface area contributed by atoms with Crippen molar-refractivity contribution in [3.63, 3.8) is 0 Å². The summed E-state index contributed by atoms with van der Waals surface area (Å²) in [5, 5.41) is 3.02. The topological polar surface area (TPSA) is 55.1 Å². The van der Waals surface area contributed by atoms with Crippen LogP contribution in [-0.4, -0.2) is 11.9 Å². The third-order valence-corrected chi connectivity index (χ3v) is 3.55. The van der Waals surface area contributed by atoms with Gasteiger partial charge in [0.1, 0.15) is 5.54 Å². The molecule has 3 heteroatoms. The minimum atomic E-state index is -0.944. The van der Waals surface area contributed by atoms with E-state index in [2.05, 4.69) is 12.2 Å². The quantitative estimate of drug-likeness (QED) is 0.834. The van der Waals surface area contributed by atoms with E-state index >= 15 is 0 Å². The lowest BCUT2D eigenvalue weighted by atomic mass is 9.81. The second-order valence-corrected chi connectivity index (χ2v) is 5.32. The summed E-state index contributed by atoms with van der Waals surface area (Å²) in [5.41, 5.74) is 6.04. The first-order chi connectivity index (χ1) is 8.00.